The van der Waals surface area contributed by atoms with Crippen molar-refractivity contribution in [3.05, 3.63) is 11.6 Å². The summed E-state index contributed by atoms with van der Waals surface area (Å²) in [5.41, 5.74) is 2.67. The molecule has 2 heteroatoms. The number of rotatable bonds is 2. The van der Waals surface area contributed by atoms with E-state index in [1.54, 1.807) is 5.57 Å². The van der Waals surface area contributed by atoms with Crippen LogP contribution in [0.1, 0.15) is 79.1 Å². The highest BCUT2D eigenvalue weighted by Gasteiger charge is 2.54. The van der Waals surface area contributed by atoms with E-state index in [1.807, 2.05) is 6.21 Å². The van der Waals surface area contributed by atoms with E-state index in [-0.39, 0.29) is 5.41 Å². The van der Waals surface area contributed by atoms with E-state index >= 15 is 0 Å². The van der Waals surface area contributed by atoms with Gasteiger partial charge in [0.1, 0.15) is 0 Å². The molecule has 3 aliphatic rings. The molecule has 0 aromatic heterocycles. The molecule has 2 unspecified atom stereocenters. The standard InChI is InChI=1S/C20H33NO/c1-5-18(2)12-9-16-15(13-18)7-8-17-19(3,14-21-22)10-6-11-20(16,17)4/h9,14-15,17,22H,5-8,10-13H2,1-4H3/b21-14+/t15?,17?,18-,19-,20-/m0/s1. The molecule has 22 heavy (non-hydrogen) atoms. The fourth-order valence-corrected chi connectivity index (χ4v) is 6.12. The van der Waals surface area contributed by atoms with E-state index in [0.29, 0.717) is 16.7 Å². The zero-order valence-corrected chi connectivity index (χ0v) is 14.9. The molecule has 2 fully saturated rings. The fourth-order valence-electron chi connectivity index (χ4n) is 6.12. The molecule has 0 amide bonds. The summed E-state index contributed by atoms with van der Waals surface area (Å²) in [6, 6.07) is 0. The monoisotopic (exact) mass is 303 g/mol. The van der Waals surface area contributed by atoms with E-state index in [0.717, 1.165) is 5.92 Å². The minimum absolute atomic E-state index is 0.0685. The second-order valence-corrected chi connectivity index (χ2v) is 9.08. The molecule has 124 valence electrons. The van der Waals surface area contributed by atoms with Crippen LogP contribution in [0, 0.1) is 28.1 Å². The van der Waals surface area contributed by atoms with E-state index < -0.39 is 0 Å². The van der Waals surface area contributed by atoms with Gasteiger partial charge in [-0.3, -0.25) is 0 Å². The third-order valence-corrected chi connectivity index (χ3v) is 7.64. The van der Waals surface area contributed by atoms with Crippen LogP contribution < -0.4 is 0 Å². The van der Waals surface area contributed by atoms with Crippen molar-refractivity contribution in [3.8, 4) is 0 Å². The Labute approximate surface area is 136 Å². The summed E-state index contributed by atoms with van der Waals surface area (Å²) >= 11 is 0. The number of allylic oxidation sites excluding steroid dienone is 2. The molecular weight excluding hydrogens is 270 g/mol. The van der Waals surface area contributed by atoms with Gasteiger partial charge in [0.25, 0.3) is 0 Å². The Balaban J connectivity index is 1.96. The van der Waals surface area contributed by atoms with Crippen molar-refractivity contribution in [1.82, 2.24) is 0 Å². The number of fused-ring (bicyclic) bond motifs is 3. The van der Waals surface area contributed by atoms with Crippen molar-refractivity contribution in [3.63, 3.8) is 0 Å². The minimum Gasteiger partial charge on any atom is -0.411 e. The molecule has 5 atom stereocenters. The lowest BCUT2D eigenvalue weighted by molar-refractivity contribution is 0.00943. The van der Waals surface area contributed by atoms with Gasteiger partial charge in [-0.1, -0.05) is 52.2 Å². The molecule has 0 aromatic carbocycles. The Kier molecular flexibility index (Phi) is 3.94. The lowest BCUT2D eigenvalue weighted by Crippen LogP contribution is -2.50. The van der Waals surface area contributed by atoms with Crippen molar-refractivity contribution in [2.45, 2.75) is 79.1 Å². The third-order valence-electron chi connectivity index (χ3n) is 7.64. The lowest BCUT2D eigenvalue weighted by atomic mass is 9.46. The number of hydrogen-bond acceptors (Lipinski definition) is 2. The Hall–Kier alpha value is -0.790. The van der Waals surface area contributed by atoms with E-state index in [4.69, 9.17) is 5.21 Å². The molecule has 0 aromatic rings. The van der Waals surface area contributed by atoms with Gasteiger partial charge in [0.05, 0.1) is 0 Å². The molecule has 0 heterocycles. The van der Waals surface area contributed by atoms with Crippen LogP contribution in [-0.4, -0.2) is 11.4 Å². The summed E-state index contributed by atoms with van der Waals surface area (Å²) < 4.78 is 0. The molecule has 0 saturated heterocycles. The zero-order valence-electron chi connectivity index (χ0n) is 14.9. The summed E-state index contributed by atoms with van der Waals surface area (Å²) in [5.74, 6) is 1.44. The van der Waals surface area contributed by atoms with Gasteiger partial charge in [-0.2, -0.15) is 0 Å². The Morgan fingerprint density at radius 3 is 2.73 bits per heavy atom. The molecule has 0 spiro atoms. The predicted molar refractivity (Wildman–Crippen MR) is 92.3 cm³/mol. The number of nitrogens with zero attached hydrogens (tertiary/aromatic N) is 1. The van der Waals surface area contributed by atoms with E-state index in [9.17, 15) is 0 Å². The Morgan fingerprint density at radius 2 is 2.05 bits per heavy atom. The Morgan fingerprint density at radius 1 is 1.27 bits per heavy atom. The summed E-state index contributed by atoms with van der Waals surface area (Å²) in [7, 11) is 0. The number of oxime groups is 1. The van der Waals surface area contributed by atoms with Gasteiger partial charge < -0.3 is 5.21 Å². The lowest BCUT2D eigenvalue weighted by Gasteiger charge is -2.58. The van der Waals surface area contributed by atoms with Crippen LogP contribution in [-0.2, 0) is 0 Å². The molecule has 3 rings (SSSR count). The van der Waals surface area contributed by atoms with Crippen LogP contribution in [0.2, 0.25) is 0 Å². The first kappa shape index (κ1) is 16.1. The first-order chi connectivity index (χ1) is 10.4. The quantitative estimate of drug-likeness (QED) is 0.297. The third kappa shape index (κ3) is 2.34. The second kappa shape index (κ2) is 5.39. The fraction of sp³-hybridized carbons (Fsp3) is 0.850. The van der Waals surface area contributed by atoms with Crippen LogP contribution in [0.25, 0.3) is 0 Å². The maximum absolute atomic E-state index is 9.15. The van der Waals surface area contributed by atoms with Crippen molar-refractivity contribution in [2.24, 2.45) is 33.2 Å². The topological polar surface area (TPSA) is 32.6 Å². The molecule has 0 aliphatic heterocycles. The van der Waals surface area contributed by atoms with Crippen molar-refractivity contribution >= 4 is 6.21 Å². The van der Waals surface area contributed by atoms with Gasteiger partial charge >= 0.3 is 0 Å². The smallest absolute Gasteiger partial charge is 0.0498 e. The highest BCUT2D eigenvalue weighted by molar-refractivity contribution is 5.66. The first-order valence-electron chi connectivity index (χ1n) is 9.26. The summed E-state index contributed by atoms with van der Waals surface area (Å²) in [6.45, 7) is 9.64. The van der Waals surface area contributed by atoms with Crippen LogP contribution in [0.15, 0.2) is 16.8 Å². The predicted octanol–water partition coefficient (Wildman–Crippen LogP) is 5.81. The Bertz CT molecular complexity index is 496. The van der Waals surface area contributed by atoms with Gasteiger partial charge in [-0.25, -0.2) is 0 Å². The number of hydrogen-bond donors (Lipinski definition) is 1. The summed E-state index contributed by atoms with van der Waals surface area (Å²) in [4.78, 5) is 0. The normalized spacial score (nSPS) is 48.6. The van der Waals surface area contributed by atoms with Crippen molar-refractivity contribution in [1.29, 1.82) is 0 Å². The molecule has 0 bridgehead atoms. The highest BCUT2D eigenvalue weighted by Crippen LogP contribution is 2.63. The largest absolute Gasteiger partial charge is 0.411 e. The van der Waals surface area contributed by atoms with Crippen molar-refractivity contribution < 1.29 is 5.21 Å². The zero-order chi connectivity index (χ0) is 16.0. The maximum Gasteiger partial charge on any atom is 0.0498 e. The van der Waals surface area contributed by atoms with Crippen LogP contribution >= 0.6 is 0 Å². The molecule has 2 nitrogen and oxygen atoms in total. The summed E-state index contributed by atoms with van der Waals surface area (Å²) in [5, 5.41) is 12.6. The van der Waals surface area contributed by atoms with Gasteiger partial charge in [0, 0.05) is 11.6 Å². The van der Waals surface area contributed by atoms with Crippen LogP contribution in [0.5, 0.6) is 0 Å². The second-order valence-electron chi connectivity index (χ2n) is 9.08. The average molecular weight is 303 g/mol. The molecule has 0 radical (unpaired) electrons. The van der Waals surface area contributed by atoms with Gasteiger partial charge in [0.2, 0.25) is 0 Å². The van der Waals surface area contributed by atoms with Gasteiger partial charge in [-0.05, 0) is 61.2 Å². The van der Waals surface area contributed by atoms with E-state index in [2.05, 4.69) is 38.9 Å². The van der Waals surface area contributed by atoms with Crippen LogP contribution in [0.4, 0.5) is 0 Å². The highest BCUT2D eigenvalue weighted by atomic mass is 16.4. The maximum atomic E-state index is 9.15. The minimum atomic E-state index is 0.0685. The van der Waals surface area contributed by atoms with Crippen molar-refractivity contribution in [2.75, 3.05) is 0 Å². The molecule has 1 N–H and O–H groups in total. The van der Waals surface area contributed by atoms with Gasteiger partial charge in [-0.15, -0.1) is 5.16 Å². The van der Waals surface area contributed by atoms with E-state index in [1.165, 1.54) is 51.4 Å². The van der Waals surface area contributed by atoms with Gasteiger partial charge in [0.15, 0.2) is 0 Å². The summed E-state index contributed by atoms with van der Waals surface area (Å²) in [6.07, 6.45) is 14.7. The first-order valence-corrected chi connectivity index (χ1v) is 9.26. The molecule has 2 saturated carbocycles. The molecule has 3 aliphatic carbocycles. The average Bonchev–Trinajstić information content (AvgIpc) is 2.47. The SMILES string of the molecule is CC[C@@]1(C)CC=C2C(CCC3[C@@]2(C)CCC[C@@]3(C)/C=N/O)C1. The van der Waals surface area contributed by atoms with Crippen LogP contribution in [0.3, 0.4) is 0 Å². The molecular formula is C20H33NO.